The van der Waals surface area contributed by atoms with Crippen LogP contribution in [0.2, 0.25) is 0 Å². The van der Waals surface area contributed by atoms with E-state index in [9.17, 15) is 0 Å². The van der Waals surface area contributed by atoms with Crippen LogP contribution >= 0.6 is 0 Å². The lowest BCUT2D eigenvalue weighted by molar-refractivity contribution is -0.0675. The van der Waals surface area contributed by atoms with Crippen molar-refractivity contribution < 1.29 is 4.74 Å². The highest BCUT2D eigenvalue weighted by Gasteiger charge is 2.28. The van der Waals surface area contributed by atoms with Crippen molar-refractivity contribution in [1.82, 2.24) is 24.6 Å². The van der Waals surface area contributed by atoms with E-state index >= 15 is 0 Å². The molecule has 2 atom stereocenters. The summed E-state index contributed by atoms with van der Waals surface area (Å²) in [6.07, 6.45) is 1.84. The van der Waals surface area contributed by atoms with Crippen molar-refractivity contribution in [1.29, 1.82) is 0 Å². The molecule has 1 aliphatic heterocycles. The van der Waals surface area contributed by atoms with Crippen LogP contribution in [0.3, 0.4) is 0 Å². The van der Waals surface area contributed by atoms with Gasteiger partial charge in [0.05, 0.1) is 19.3 Å². The van der Waals surface area contributed by atoms with Gasteiger partial charge in [-0.25, -0.2) is 9.67 Å². The molecule has 6 nitrogen and oxygen atoms in total. The molecule has 0 saturated carbocycles. The lowest BCUT2D eigenvalue weighted by Gasteiger charge is -2.39. The fourth-order valence-electron chi connectivity index (χ4n) is 3.33. The SMILES string of the molecule is CCn1ncnc1CN(C)[C@H](C)[C@@H]1CN(Cc2ccccc2)CCO1. The smallest absolute Gasteiger partial charge is 0.140 e. The number of hydrogen-bond donors (Lipinski definition) is 0. The average Bonchev–Trinajstić information content (AvgIpc) is 3.09. The second kappa shape index (κ2) is 8.56. The molecule has 0 radical (unpaired) electrons. The van der Waals surface area contributed by atoms with Gasteiger partial charge in [0.1, 0.15) is 12.2 Å². The zero-order valence-electron chi connectivity index (χ0n) is 15.5. The molecule has 1 fully saturated rings. The Bertz CT molecular complexity index is 644. The standard InChI is InChI=1S/C19H29N5O/c1-4-24-19(20-15-21-24)14-22(3)16(2)18-13-23(10-11-25-18)12-17-8-6-5-7-9-17/h5-9,15-16,18H,4,10-14H2,1-3H3/t16-,18+/m1/s1. The van der Waals surface area contributed by atoms with E-state index in [1.54, 1.807) is 6.33 Å². The maximum Gasteiger partial charge on any atom is 0.140 e. The minimum Gasteiger partial charge on any atom is -0.374 e. The number of likely N-dealkylation sites (N-methyl/N-ethyl adjacent to an activating group) is 1. The number of morpholine rings is 1. The van der Waals surface area contributed by atoms with Gasteiger partial charge in [-0.05, 0) is 26.5 Å². The van der Waals surface area contributed by atoms with Gasteiger partial charge >= 0.3 is 0 Å². The maximum atomic E-state index is 6.08. The van der Waals surface area contributed by atoms with Gasteiger partial charge in [0.15, 0.2) is 0 Å². The molecular formula is C19H29N5O. The first-order valence-corrected chi connectivity index (χ1v) is 9.12. The van der Waals surface area contributed by atoms with Crippen LogP contribution in [-0.4, -0.2) is 63.5 Å². The molecule has 6 heteroatoms. The Balaban J connectivity index is 1.56. The van der Waals surface area contributed by atoms with Crippen molar-refractivity contribution in [3.8, 4) is 0 Å². The van der Waals surface area contributed by atoms with E-state index in [4.69, 9.17) is 4.74 Å². The van der Waals surface area contributed by atoms with Crippen LogP contribution in [0.4, 0.5) is 0 Å². The van der Waals surface area contributed by atoms with Gasteiger partial charge < -0.3 is 4.74 Å². The summed E-state index contributed by atoms with van der Waals surface area (Å²) in [4.78, 5) is 9.19. The molecule has 0 amide bonds. The molecule has 2 heterocycles. The normalized spacial score (nSPS) is 20.1. The summed E-state index contributed by atoms with van der Waals surface area (Å²) in [7, 11) is 2.14. The zero-order chi connectivity index (χ0) is 17.6. The third kappa shape index (κ3) is 4.66. The summed E-state index contributed by atoms with van der Waals surface area (Å²) in [5, 5.41) is 4.26. The molecule has 1 aromatic heterocycles. The predicted octanol–water partition coefficient (Wildman–Crippen LogP) is 2.02. The topological polar surface area (TPSA) is 46.4 Å². The second-order valence-corrected chi connectivity index (χ2v) is 6.78. The van der Waals surface area contributed by atoms with Crippen LogP contribution in [0.1, 0.15) is 25.2 Å². The highest BCUT2D eigenvalue weighted by atomic mass is 16.5. The number of hydrogen-bond acceptors (Lipinski definition) is 5. The molecule has 3 rings (SSSR count). The van der Waals surface area contributed by atoms with Gasteiger partial charge in [0.2, 0.25) is 0 Å². The first-order chi connectivity index (χ1) is 12.2. The molecule has 2 aromatic rings. The molecule has 25 heavy (non-hydrogen) atoms. The van der Waals surface area contributed by atoms with E-state index in [0.717, 1.165) is 45.2 Å². The monoisotopic (exact) mass is 343 g/mol. The molecule has 0 N–H and O–H groups in total. The highest BCUT2D eigenvalue weighted by Crippen LogP contribution is 2.16. The van der Waals surface area contributed by atoms with Gasteiger partial charge in [0.25, 0.3) is 0 Å². The fraction of sp³-hybridized carbons (Fsp3) is 0.579. The minimum absolute atomic E-state index is 0.209. The van der Waals surface area contributed by atoms with Crippen LogP contribution in [0.15, 0.2) is 36.7 Å². The Morgan fingerprint density at radius 3 is 2.88 bits per heavy atom. The molecule has 136 valence electrons. The number of benzene rings is 1. The molecular weight excluding hydrogens is 314 g/mol. The minimum atomic E-state index is 0.209. The predicted molar refractivity (Wildman–Crippen MR) is 98.1 cm³/mol. The fourth-order valence-corrected chi connectivity index (χ4v) is 3.33. The summed E-state index contributed by atoms with van der Waals surface area (Å²) in [6, 6.07) is 11.0. The lowest BCUT2D eigenvalue weighted by Crippen LogP contribution is -2.51. The molecule has 0 spiro atoms. The van der Waals surface area contributed by atoms with E-state index < -0.39 is 0 Å². The van der Waals surface area contributed by atoms with E-state index in [1.807, 2.05) is 4.68 Å². The van der Waals surface area contributed by atoms with Crippen molar-refractivity contribution in [2.45, 2.75) is 45.6 Å². The lowest BCUT2D eigenvalue weighted by atomic mass is 10.1. The third-order valence-electron chi connectivity index (χ3n) is 5.05. The van der Waals surface area contributed by atoms with Gasteiger partial charge in [-0.1, -0.05) is 30.3 Å². The number of rotatable bonds is 7. The largest absolute Gasteiger partial charge is 0.374 e. The molecule has 0 unspecified atom stereocenters. The summed E-state index contributed by atoms with van der Waals surface area (Å²) in [5.41, 5.74) is 1.36. The Morgan fingerprint density at radius 2 is 2.12 bits per heavy atom. The Kier molecular flexibility index (Phi) is 6.18. The van der Waals surface area contributed by atoms with E-state index in [-0.39, 0.29) is 6.10 Å². The Labute approximate surface area is 150 Å². The first kappa shape index (κ1) is 18.0. The second-order valence-electron chi connectivity index (χ2n) is 6.78. The molecule has 1 saturated heterocycles. The third-order valence-corrected chi connectivity index (χ3v) is 5.05. The van der Waals surface area contributed by atoms with Gasteiger partial charge in [-0.2, -0.15) is 5.10 Å². The number of aryl methyl sites for hydroxylation is 1. The van der Waals surface area contributed by atoms with Crippen molar-refractivity contribution in [2.24, 2.45) is 0 Å². The van der Waals surface area contributed by atoms with Crippen molar-refractivity contribution in [2.75, 3.05) is 26.7 Å². The molecule has 0 aliphatic carbocycles. The molecule has 0 bridgehead atoms. The van der Waals surface area contributed by atoms with E-state index in [2.05, 4.69) is 71.1 Å². The van der Waals surface area contributed by atoms with Crippen molar-refractivity contribution in [3.05, 3.63) is 48.0 Å². The maximum absolute atomic E-state index is 6.08. The van der Waals surface area contributed by atoms with Crippen molar-refractivity contribution >= 4 is 0 Å². The average molecular weight is 343 g/mol. The van der Waals surface area contributed by atoms with Gasteiger partial charge in [-0.3, -0.25) is 9.80 Å². The summed E-state index contributed by atoms with van der Waals surface area (Å²) in [5.74, 6) is 1.01. The van der Waals surface area contributed by atoms with Crippen LogP contribution in [0.5, 0.6) is 0 Å². The van der Waals surface area contributed by atoms with Gasteiger partial charge in [0, 0.05) is 32.2 Å². The van der Waals surface area contributed by atoms with Crippen LogP contribution in [0, 0.1) is 0 Å². The first-order valence-electron chi connectivity index (χ1n) is 9.12. The Hall–Kier alpha value is -1.76. The number of ether oxygens (including phenoxy) is 1. The number of nitrogens with zero attached hydrogens (tertiary/aromatic N) is 5. The zero-order valence-corrected chi connectivity index (χ0v) is 15.5. The van der Waals surface area contributed by atoms with E-state index in [0.29, 0.717) is 6.04 Å². The summed E-state index contributed by atoms with van der Waals surface area (Å²) < 4.78 is 8.03. The Morgan fingerprint density at radius 1 is 1.32 bits per heavy atom. The molecule has 1 aromatic carbocycles. The van der Waals surface area contributed by atoms with E-state index in [1.165, 1.54) is 5.56 Å². The quantitative estimate of drug-likeness (QED) is 0.770. The van der Waals surface area contributed by atoms with Crippen LogP contribution < -0.4 is 0 Å². The summed E-state index contributed by atoms with van der Waals surface area (Å²) in [6.45, 7) is 9.70. The van der Waals surface area contributed by atoms with Crippen LogP contribution in [-0.2, 0) is 24.4 Å². The molecule has 1 aliphatic rings. The summed E-state index contributed by atoms with van der Waals surface area (Å²) >= 11 is 0. The van der Waals surface area contributed by atoms with Crippen molar-refractivity contribution in [3.63, 3.8) is 0 Å². The van der Waals surface area contributed by atoms with Gasteiger partial charge in [-0.15, -0.1) is 0 Å². The number of aromatic nitrogens is 3. The van der Waals surface area contributed by atoms with Crippen LogP contribution in [0.25, 0.3) is 0 Å². The highest BCUT2D eigenvalue weighted by molar-refractivity contribution is 5.14.